The predicted molar refractivity (Wildman–Crippen MR) is 124 cm³/mol. The Labute approximate surface area is 186 Å². The third-order valence-corrected chi connectivity index (χ3v) is 7.28. The standard InChI is InChI=1S/C24H27N5OS/c30-22(24(10-6-11-24)19-7-2-1-3-8-19)27-23-26-20(18-31-23)17-28-13-15-29(16-14-28)21-9-4-5-12-25-21/h1-5,7-9,12,18H,6,10-11,13-17H2,(H,26,27,30). The van der Waals surface area contributed by atoms with Gasteiger partial charge in [-0.15, -0.1) is 11.3 Å². The zero-order valence-corrected chi connectivity index (χ0v) is 18.4. The summed E-state index contributed by atoms with van der Waals surface area (Å²) in [6.45, 7) is 4.70. The quantitative estimate of drug-likeness (QED) is 0.638. The zero-order chi connectivity index (χ0) is 21.1. The molecular weight excluding hydrogens is 406 g/mol. The maximum Gasteiger partial charge on any atom is 0.236 e. The number of carbonyl (C=O) groups is 1. The van der Waals surface area contributed by atoms with Gasteiger partial charge in [0.25, 0.3) is 0 Å². The monoisotopic (exact) mass is 433 g/mol. The number of aromatic nitrogens is 2. The lowest BCUT2D eigenvalue weighted by Gasteiger charge is -2.40. The minimum atomic E-state index is -0.394. The number of benzene rings is 1. The van der Waals surface area contributed by atoms with Gasteiger partial charge >= 0.3 is 0 Å². The first kappa shape index (κ1) is 20.2. The van der Waals surface area contributed by atoms with E-state index in [-0.39, 0.29) is 5.91 Å². The van der Waals surface area contributed by atoms with Gasteiger partial charge in [-0.1, -0.05) is 42.8 Å². The molecule has 0 unspecified atom stereocenters. The van der Waals surface area contributed by atoms with Crippen LogP contribution in [0.1, 0.15) is 30.5 Å². The highest BCUT2D eigenvalue weighted by Crippen LogP contribution is 2.44. The summed E-state index contributed by atoms with van der Waals surface area (Å²) in [5.41, 5.74) is 1.74. The molecule has 1 aliphatic heterocycles. The Bertz CT molecular complexity index is 1010. The fourth-order valence-corrected chi connectivity index (χ4v) is 5.19. The molecule has 1 aliphatic carbocycles. The van der Waals surface area contributed by atoms with Crippen molar-refractivity contribution in [2.45, 2.75) is 31.2 Å². The predicted octanol–water partition coefficient (Wildman–Crippen LogP) is 3.92. The molecule has 6 nitrogen and oxygen atoms in total. The van der Waals surface area contributed by atoms with Crippen molar-refractivity contribution in [2.75, 3.05) is 36.4 Å². The van der Waals surface area contributed by atoms with E-state index in [1.54, 1.807) is 0 Å². The van der Waals surface area contributed by atoms with Gasteiger partial charge in [-0.25, -0.2) is 9.97 Å². The van der Waals surface area contributed by atoms with Crippen LogP contribution >= 0.6 is 11.3 Å². The first-order valence-corrected chi connectivity index (χ1v) is 11.8. The number of hydrogen-bond donors (Lipinski definition) is 1. The highest BCUT2D eigenvalue weighted by Gasteiger charge is 2.45. The normalized spacial score (nSPS) is 18.4. The molecule has 3 aromatic rings. The van der Waals surface area contributed by atoms with Crippen molar-refractivity contribution in [3.05, 3.63) is 71.4 Å². The minimum absolute atomic E-state index is 0.0785. The average molecular weight is 434 g/mol. The SMILES string of the molecule is O=C(Nc1nc(CN2CCN(c3ccccn3)CC2)cs1)C1(c2ccccc2)CCC1. The van der Waals surface area contributed by atoms with E-state index < -0.39 is 5.41 Å². The molecule has 0 atom stereocenters. The molecule has 31 heavy (non-hydrogen) atoms. The second-order valence-electron chi connectivity index (χ2n) is 8.35. The van der Waals surface area contributed by atoms with Crippen molar-refractivity contribution in [3.8, 4) is 0 Å². The van der Waals surface area contributed by atoms with Crippen LogP contribution < -0.4 is 10.2 Å². The Kier molecular flexibility index (Phi) is 5.70. The number of anilines is 2. The molecule has 2 fully saturated rings. The second-order valence-corrected chi connectivity index (χ2v) is 9.21. The zero-order valence-electron chi connectivity index (χ0n) is 17.5. The Morgan fingerprint density at radius 2 is 1.81 bits per heavy atom. The molecule has 2 aromatic heterocycles. The lowest BCUT2D eigenvalue weighted by molar-refractivity contribution is -0.124. The number of hydrogen-bond acceptors (Lipinski definition) is 6. The minimum Gasteiger partial charge on any atom is -0.354 e. The van der Waals surface area contributed by atoms with Crippen LogP contribution in [0.3, 0.4) is 0 Å². The molecule has 7 heteroatoms. The third kappa shape index (κ3) is 4.20. The van der Waals surface area contributed by atoms with Gasteiger partial charge in [0.15, 0.2) is 5.13 Å². The van der Waals surface area contributed by atoms with Crippen molar-refractivity contribution in [2.24, 2.45) is 0 Å². The van der Waals surface area contributed by atoms with Crippen molar-refractivity contribution in [1.29, 1.82) is 0 Å². The summed E-state index contributed by atoms with van der Waals surface area (Å²) in [6, 6.07) is 16.2. The van der Waals surface area contributed by atoms with E-state index in [0.29, 0.717) is 5.13 Å². The number of rotatable bonds is 6. The third-order valence-electron chi connectivity index (χ3n) is 6.47. The highest BCUT2D eigenvalue weighted by atomic mass is 32.1. The molecule has 1 saturated heterocycles. The Hall–Kier alpha value is -2.77. The van der Waals surface area contributed by atoms with Gasteiger partial charge in [-0.2, -0.15) is 0 Å². The molecule has 2 aliphatic rings. The Morgan fingerprint density at radius 3 is 2.48 bits per heavy atom. The molecule has 3 heterocycles. The molecule has 160 valence electrons. The number of nitrogens with one attached hydrogen (secondary N) is 1. The van der Waals surface area contributed by atoms with Crippen LogP contribution in [0.4, 0.5) is 10.9 Å². The van der Waals surface area contributed by atoms with Crippen LogP contribution in [0, 0.1) is 0 Å². The molecule has 0 spiro atoms. The smallest absolute Gasteiger partial charge is 0.236 e. The number of carbonyl (C=O) groups excluding carboxylic acids is 1. The summed E-state index contributed by atoms with van der Waals surface area (Å²) >= 11 is 1.52. The fourth-order valence-electron chi connectivity index (χ4n) is 4.49. The first-order chi connectivity index (χ1) is 15.2. The Morgan fingerprint density at radius 1 is 1.03 bits per heavy atom. The van der Waals surface area contributed by atoms with Gasteiger partial charge in [0, 0.05) is 44.3 Å². The van der Waals surface area contributed by atoms with Crippen LogP contribution in [-0.4, -0.2) is 47.0 Å². The molecule has 0 bridgehead atoms. The molecule has 5 rings (SSSR count). The van der Waals surface area contributed by atoms with Crippen LogP contribution in [0.15, 0.2) is 60.1 Å². The molecular formula is C24H27N5OS. The summed E-state index contributed by atoms with van der Waals surface area (Å²) in [6.07, 6.45) is 4.75. The van der Waals surface area contributed by atoms with E-state index in [1.807, 2.05) is 36.5 Å². The van der Waals surface area contributed by atoms with Gasteiger partial charge < -0.3 is 10.2 Å². The summed E-state index contributed by atoms with van der Waals surface area (Å²) in [5, 5.41) is 5.87. The maximum atomic E-state index is 13.1. The molecule has 1 aromatic carbocycles. The lowest BCUT2D eigenvalue weighted by Crippen LogP contribution is -2.46. The highest BCUT2D eigenvalue weighted by molar-refractivity contribution is 7.13. The molecule has 1 N–H and O–H groups in total. The van der Waals surface area contributed by atoms with Gasteiger partial charge in [-0.05, 0) is 30.5 Å². The van der Waals surface area contributed by atoms with E-state index in [9.17, 15) is 4.79 Å². The van der Waals surface area contributed by atoms with Gasteiger partial charge in [-0.3, -0.25) is 9.69 Å². The first-order valence-electron chi connectivity index (χ1n) is 10.9. The summed E-state index contributed by atoms with van der Waals surface area (Å²) in [7, 11) is 0. The van der Waals surface area contributed by atoms with Crippen molar-refractivity contribution < 1.29 is 4.79 Å². The van der Waals surface area contributed by atoms with Gasteiger partial charge in [0.1, 0.15) is 5.82 Å². The van der Waals surface area contributed by atoms with Crippen molar-refractivity contribution in [1.82, 2.24) is 14.9 Å². The van der Waals surface area contributed by atoms with Crippen LogP contribution in [-0.2, 0) is 16.8 Å². The van der Waals surface area contributed by atoms with Crippen LogP contribution in [0.5, 0.6) is 0 Å². The van der Waals surface area contributed by atoms with Gasteiger partial charge in [0.2, 0.25) is 5.91 Å². The lowest BCUT2D eigenvalue weighted by atomic mass is 9.64. The van der Waals surface area contributed by atoms with Crippen molar-refractivity contribution >= 4 is 28.2 Å². The fraction of sp³-hybridized carbons (Fsp3) is 0.375. The van der Waals surface area contributed by atoms with E-state index in [1.165, 1.54) is 11.3 Å². The number of pyridine rings is 1. The Balaban J connectivity index is 1.17. The molecule has 0 radical (unpaired) electrons. The van der Waals surface area contributed by atoms with Crippen LogP contribution in [0.25, 0.3) is 0 Å². The van der Waals surface area contributed by atoms with Crippen molar-refractivity contribution in [3.63, 3.8) is 0 Å². The topological polar surface area (TPSA) is 61.4 Å². The van der Waals surface area contributed by atoms with E-state index in [0.717, 1.165) is 69.1 Å². The van der Waals surface area contributed by atoms with Gasteiger partial charge in [0.05, 0.1) is 11.1 Å². The van der Waals surface area contributed by atoms with E-state index in [4.69, 9.17) is 4.98 Å². The summed E-state index contributed by atoms with van der Waals surface area (Å²) in [4.78, 5) is 27.0. The largest absolute Gasteiger partial charge is 0.354 e. The number of nitrogens with zero attached hydrogens (tertiary/aromatic N) is 4. The summed E-state index contributed by atoms with van der Waals surface area (Å²) < 4.78 is 0. The maximum absolute atomic E-state index is 13.1. The second kappa shape index (κ2) is 8.77. The van der Waals surface area contributed by atoms with Crippen LogP contribution in [0.2, 0.25) is 0 Å². The van der Waals surface area contributed by atoms with E-state index >= 15 is 0 Å². The number of amides is 1. The number of thiazole rings is 1. The molecule has 1 saturated carbocycles. The number of piperazine rings is 1. The van der Waals surface area contributed by atoms with E-state index in [2.05, 4.69) is 43.7 Å². The molecule has 1 amide bonds. The summed E-state index contributed by atoms with van der Waals surface area (Å²) in [5.74, 6) is 1.12. The average Bonchev–Trinajstić information content (AvgIpc) is 3.21.